The molecular formula is C17H14N6O5S. The largest absolute Gasteiger partial charge is 0.310 e. The van der Waals surface area contributed by atoms with Gasteiger partial charge in [0.15, 0.2) is 0 Å². The van der Waals surface area contributed by atoms with Gasteiger partial charge in [0, 0.05) is 19.0 Å². The van der Waals surface area contributed by atoms with Gasteiger partial charge in [-0.2, -0.15) is 10.4 Å². The number of nitrogens with zero attached hydrogens (tertiary/aromatic N) is 4. The van der Waals surface area contributed by atoms with Gasteiger partial charge in [0.2, 0.25) is 5.91 Å². The van der Waals surface area contributed by atoms with E-state index in [1.54, 1.807) is 6.26 Å². The van der Waals surface area contributed by atoms with E-state index in [0.717, 1.165) is 4.90 Å². The van der Waals surface area contributed by atoms with E-state index in [9.17, 15) is 24.5 Å². The first-order valence-corrected chi connectivity index (χ1v) is 9.57. The number of nitro benzene ring substituents is 1. The molecule has 1 aromatic carbocycles. The molecule has 29 heavy (non-hydrogen) atoms. The summed E-state index contributed by atoms with van der Waals surface area (Å²) in [5.41, 5.74) is -0.450. The van der Waals surface area contributed by atoms with Crippen molar-refractivity contribution in [1.29, 1.82) is 5.26 Å². The third kappa shape index (κ3) is 3.67. The lowest BCUT2D eigenvalue weighted by Crippen LogP contribution is -2.31. The molecule has 0 unspecified atom stereocenters. The third-order valence-corrected chi connectivity index (χ3v) is 4.94. The van der Waals surface area contributed by atoms with E-state index < -0.39 is 28.3 Å². The zero-order valence-corrected chi connectivity index (χ0v) is 15.9. The number of aromatic nitrogens is 2. The number of anilines is 1. The lowest BCUT2D eigenvalue weighted by Gasteiger charge is -2.13. The average molecular weight is 414 g/mol. The molecule has 0 saturated carbocycles. The molecule has 3 amide bonds. The van der Waals surface area contributed by atoms with E-state index in [0.29, 0.717) is 5.03 Å². The minimum absolute atomic E-state index is 0.0191. The number of hydrogen-bond donors (Lipinski definition) is 2. The Balaban J connectivity index is 1.62. The van der Waals surface area contributed by atoms with Gasteiger partial charge in [-0.15, -0.1) is 11.8 Å². The highest BCUT2D eigenvalue weighted by molar-refractivity contribution is 7.98. The number of nitrogens with one attached hydrogen (secondary N) is 2. The summed E-state index contributed by atoms with van der Waals surface area (Å²) in [6.07, 6.45) is 1.86. The van der Waals surface area contributed by atoms with E-state index in [2.05, 4.69) is 15.5 Å². The van der Waals surface area contributed by atoms with Gasteiger partial charge in [0.25, 0.3) is 17.5 Å². The van der Waals surface area contributed by atoms with Gasteiger partial charge >= 0.3 is 0 Å². The first-order valence-electron chi connectivity index (χ1n) is 8.35. The second-order valence-electron chi connectivity index (χ2n) is 5.97. The van der Waals surface area contributed by atoms with E-state index >= 15 is 0 Å². The van der Waals surface area contributed by atoms with Crippen LogP contribution in [0, 0.1) is 21.4 Å². The Bertz CT molecular complexity index is 1070. The van der Waals surface area contributed by atoms with Crippen molar-refractivity contribution >= 4 is 41.0 Å². The highest BCUT2D eigenvalue weighted by Crippen LogP contribution is 2.31. The van der Waals surface area contributed by atoms with Crippen molar-refractivity contribution in [3.63, 3.8) is 0 Å². The summed E-state index contributed by atoms with van der Waals surface area (Å²) in [7, 11) is 0. The predicted molar refractivity (Wildman–Crippen MR) is 101 cm³/mol. The lowest BCUT2D eigenvalue weighted by molar-refractivity contribution is -0.385. The molecule has 0 saturated heterocycles. The summed E-state index contributed by atoms with van der Waals surface area (Å²) in [6, 6.07) is 5.83. The van der Waals surface area contributed by atoms with Crippen molar-refractivity contribution in [2.45, 2.75) is 17.9 Å². The number of H-pyrrole nitrogens is 1. The second kappa shape index (κ2) is 8.11. The molecule has 3 rings (SSSR count). The topological polar surface area (TPSA) is 162 Å². The van der Waals surface area contributed by atoms with Gasteiger partial charge in [0.05, 0.1) is 10.5 Å². The van der Waals surface area contributed by atoms with Crippen LogP contribution in [0.1, 0.15) is 39.1 Å². The number of hydrogen-bond acceptors (Lipinski definition) is 8. The maximum absolute atomic E-state index is 12.5. The molecule has 0 atom stereocenters. The number of rotatable bonds is 7. The molecule has 0 radical (unpaired) electrons. The summed E-state index contributed by atoms with van der Waals surface area (Å²) in [5, 5.41) is 29.7. The van der Waals surface area contributed by atoms with Crippen molar-refractivity contribution < 1.29 is 19.3 Å². The molecule has 0 aliphatic carbocycles. The van der Waals surface area contributed by atoms with Gasteiger partial charge in [-0.3, -0.25) is 34.5 Å². The highest BCUT2D eigenvalue weighted by Gasteiger charge is 2.40. The lowest BCUT2D eigenvalue weighted by atomic mass is 10.1. The zero-order valence-electron chi connectivity index (χ0n) is 15.1. The Morgan fingerprint density at radius 3 is 2.83 bits per heavy atom. The van der Waals surface area contributed by atoms with Gasteiger partial charge in [-0.1, -0.05) is 6.07 Å². The molecule has 12 heteroatoms. The number of carbonyl (C=O) groups is 3. The number of thioether (sulfide) groups is 1. The number of benzene rings is 1. The first-order chi connectivity index (χ1) is 13.9. The maximum atomic E-state index is 12.5. The Labute approximate surface area is 168 Å². The summed E-state index contributed by atoms with van der Waals surface area (Å²) in [5.74, 6) is -1.62. The van der Waals surface area contributed by atoms with Crippen LogP contribution in [0.3, 0.4) is 0 Å². The number of amides is 3. The normalized spacial score (nSPS) is 12.6. The van der Waals surface area contributed by atoms with Crippen LogP contribution >= 0.6 is 11.8 Å². The number of nitro groups is 1. The molecule has 0 spiro atoms. The van der Waals surface area contributed by atoms with Gasteiger partial charge in [-0.25, -0.2) is 0 Å². The number of nitriles is 1. The second-order valence-corrected chi connectivity index (χ2v) is 6.76. The van der Waals surface area contributed by atoms with Crippen LogP contribution in [0.4, 0.5) is 11.5 Å². The Hall–Kier alpha value is -3.72. The molecule has 2 heterocycles. The minimum Gasteiger partial charge on any atom is -0.310 e. The third-order valence-electron chi connectivity index (χ3n) is 4.26. The molecule has 2 aromatic rings. The standard InChI is InChI=1S/C17H14N6O5S/c1-29-15-10(8-18)14(20-21-15)19-12(24)6-3-7-22-16(25)9-4-2-5-11(23(27)28)13(9)17(22)26/h2,4-5H,3,6-7H2,1H3,(H2,19,20,21,24). The fourth-order valence-corrected chi connectivity index (χ4v) is 3.43. The van der Waals surface area contributed by atoms with Crippen molar-refractivity contribution in [1.82, 2.24) is 15.1 Å². The summed E-state index contributed by atoms with van der Waals surface area (Å²) in [4.78, 5) is 48.3. The van der Waals surface area contributed by atoms with Crippen LogP contribution in [0.5, 0.6) is 0 Å². The average Bonchev–Trinajstić information content (AvgIpc) is 3.21. The SMILES string of the molecule is CSc1n[nH]c(NC(=O)CCCN2C(=O)c3cccc([N+](=O)[O-])c3C2=O)c1C#N. The Morgan fingerprint density at radius 2 is 2.17 bits per heavy atom. The van der Waals surface area contributed by atoms with Crippen LogP contribution in [0.25, 0.3) is 0 Å². The van der Waals surface area contributed by atoms with Gasteiger partial charge in [0.1, 0.15) is 28.0 Å². The fourth-order valence-electron chi connectivity index (χ4n) is 2.94. The summed E-state index contributed by atoms with van der Waals surface area (Å²) in [6.45, 7) is -0.0684. The number of fused-ring (bicyclic) bond motifs is 1. The van der Waals surface area contributed by atoms with Crippen LogP contribution in [-0.2, 0) is 4.79 Å². The molecule has 2 N–H and O–H groups in total. The van der Waals surface area contributed by atoms with Crippen molar-refractivity contribution in [3.8, 4) is 6.07 Å². The minimum atomic E-state index is -0.748. The first kappa shape index (κ1) is 20.0. The molecule has 0 bridgehead atoms. The van der Waals surface area contributed by atoms with Gasteiger partial charge in [-0.05, 0) is 18.7 Å². The van der Waals surface area contributed by atoms with E-state index in [-0.39, 0.29) is 41.9 Å². The van der Waals surface area contributed by atoms with Crippen molar-refractivity contribution in [2.75, 3.05) is 18.1 Å². The van der Waals surface area contributed by atoms with Crippen LogP contribution in [0.15, 0.2) is 23.2 Å². The zero-order chi connectivity index (χ0) is 21.1. The molecular weight excluding hydrogens is 400 g/mol. The highest BCUT2D eigenvalue weighted by atomic mass is 32.2. The molecule has 1 aliphatic heterocycles. The van der Waals surface area contributed by atoms with Crippen LogP contribution in [-0.4, -0.2) is 50.5 Å². The maximum Gasteiger partial charge on any atom is 0.282 e. The monoisotopic (exact) mass is 414 g/mol. The Kier molecular flexibility index (Phi) is 5.60. The number of aromatic amines is 1. The summed E-state index contributed by atoms with van der Waals surface area (Å²) < 4.78 is 0. The van der Waals surface area contributed by atoms with Crippen molar-refractivity contribution in [2.24, 2.45) is 0 Å². The quantitative estimate of drug-likeness (QED) is 0.300. The molecule has 0 fully saturated rings. The smallest absolute Gasteiger partial charge is 0.282 e. The van der Waals surface area contributed by atoms with E-state index in [4.69, 9.17) is 5.26 Å². The number of carbonyl (C=O) groups excluding carboxylic acids is 3. The molecule has 11 nitrogen and oxygen atoms in total. The van der Waals surface area contributed by atoms with E-state index in [1.165, 1.54) is 30.0 Å². The fraction of sp³-hybridized carbons (Fsp3) is 0.235. The molecule has 1 aromatic heterocycles. The predicted octanol–water partition coefficient (Wildman–Crippen LogP) is 1.93. The van der Waals surface area contributed by atoms with Crippen molar-refractivity contribution in [3.05, 3.63) is 45.0 Å². The Morgan fingerprint density at radius 1 is 1.41 bits per heavy atom. The van der Waals surface area contributed by atoms with E-state index in [1.807, 2.05) is 6.07 Å². The van der Waals surface area contributed by atoms with Gasteiger partial charge < -0.3 is 5.32 Å². The number of imide groups is 1. The van der Waals surface area contributed by atoms with Crippen LogP contribution in [0.2, 0.25) is 0 Å². The molecule has 148 valence electrons. The molecule has 1 aliphatic rings. The van der Waals surface area contributed by atoms with Crippen LogP contribution < -0.4 is 5.32 Å². The summed E-state index contributed by atoms with van der Waals surface area (Å²) >= 11 is 1.25.